The number of aromatic nitrogens is 1. The molecule has 0 saturated heterocycles. The Labute approximate surface area is 176 Å². The molecule has 3 aromatic carbocycles. The second-order valence-electron chi connectivity index (χ2n) is 6.96. The molecule has 5 rings (SSSR count). The van der Waals surface area contributed by atoms with Crippen molar-refractivity contribution in [1.29, 1.82) is 0 Å². The molecular formula is C23H12F3NO3S. The van der Waals surface area contributed by atoms with E-state index < -0.39 is 28.8 Å². The number of benzene rings is 3. The number of hydrogen-bond donors (Lipinski definition) is 1. The van der Waals surface area contributed by atoms with Crippen LogP contribution in [-0.2, 0) is 0 Å². The summed E-state index contributed by atoms with van der Waals surface area (Å²) in [6.45, 7) is 0. The summed E-state index contributed by atoms with van der Waals surface area (Å²) < 4.78 is 42.3. The number of Topliss-reactive ketones (excluding diaryl/α,β-unsaturated/α-hetero) is 1. The molecule has 0 radical (unpaired) electrons. The highest BCUT2D eigenvalue weighted by Crippen LogP contribution is 2.42. The van der Waals surface area contributed by atoms with Gasteiger partial charge < -0.3 is 5.11 Å². The van der Waals surface area contributed by atoms with E-state index in [-0.39, 0.29) is 16.6 Å². The number of carbonyl (C=O) groups excluding carboxylic acids is 1. The normalized spacial score (nSPS) is 12.1. The van der Waals surface area contributed by atoms with Gasteiger partial charge in [-0.25, -0.2) is 0 Å². The maximum absolute atomic E-state index is 13.3. The lowest BCUT2D eigenvalue weighted by Gasteiger charge is -2.16. The molecule has 1 N–H and O–H groups in total. The van der Waals surface area contributed by atoms with E-state index in [9.17, 15) is 27.9 Å². The Morgan fingerprint density at radius 2 is 1.58 bits per heavy atom. The third-order valence-electron chi connectivity index (χ3n) is 5.16. The lowest BCUT2D eigenvalue weighted by Crippen LogP contribution is -2.32. The number of nitrogens with zero attached hydrogens (tertiary/aromatic N) is 1. The largest absolute Gasteiger partial charge is 0.506 e. The van der Waals surface area contributed by atoms with Crippen LogP contribution in [0.2, 0.25) is 0 Å². The van der Waals surface area contributed by atoms with Crippen molar-refractivity contribution in [3.8, 4) is 11.4 Å². The highest BCUT2D eigenvalue weighted by molar-refractivity contribution is 7.26. The molecule has 0 fully saturated rings. The first kappa shape index (κ1) is 19.3. The Bertz CT molecular complexity index is 1570. The summed E-state index contributed by atoms with van der Waals surface area (Å²) >= 11 is 1.28. The molecule has 0 aliphatic carbocycles. The fourth-order valence-electron chi connectivity index (χ4n) is 3.82. The van der Waals surface area contributed by atoms with Crippen molar-refractivity contribution in [2.24, 2.45) is 0 Å². The van der Waals surface area contributed by atoms with Crippen LogP contribution in [0.25, 0.3) is 36.8 Å². The topological polar surface area (TPSA) is 59.3 Å². The number of rotatable bonds is 2. The molecule has 0 atom stereocenters. The van der Waals surface area contributed by atoms with Gasteiger partial charge in [-0.1, -0.05) is 42.5 Å². The van der Waals surface area contributed by atoms with Crippen molar-refractivity contribution in [2.75, 3.05) is 0 Å². The number of thiophene rings is 1. The van der Waals surface area contributed by atoms with Crippen molar-refractivity contribution in [2.45, 2.75) is 6.18 Å². The van der Waals surface area contributed by atoms with Gasteiger partial charge >= 0.3 is 6.18 Å². The van der Waals surface area contributed by atoms with Crippen molar-refractivity contribution in [1.82, 2.24) is 4.57 Å². The van der Waals surface area contributed by atoms with Crippen LogP contribution in [0.15, 0.2) is 71.5 Å². The minimum atomic E-state index is -5.31. The molecule has 0 unspecified atom stereocenters. The summed E-state index contributed by atoms with van der Waals surface area (Å²) in [6.07, 6.45) is -5.31. The number of hydrogen-bond acceptors (Lipinski definition) is 4. The fourth-order valence-corrected chi connectivity index (χ4v) is 5.07. The second kappa shape index (κ2) is 6.68. The summed E-state index contributed by atoms with van der Waals surface area (Å²) in [6, 6.07) is 18.8. The molecule has 4 nitrogen and oxygen atoms in total. The summed E-state index contributed by atoms with van der Waals surface area (Å²) in [5.41, 5.74) is -2.01. The first-order valence-corrected chi connectivity index (χ1v) is 9.99. The van der Waals surface area contributed by atoms with Crippen LogP contribution in [-0.4, -0.2) is 21.6 Å². The van der Waals surface area contributed by atoms with Gasteiger partial charge in [0.2, 0.25) is 0 Å². The molecule has 0 aliphatic heterocycles. The zero-order chi connectivity index (χ0) is 21.9. The Morgan fingerprint density at radius 3 is 2.29 bits per heavy atom. The molecule has 2 aromatic heterocycles. The molecule has 154 valence electrons. The van der Waals surface area contributed by atoms with Gasteiger partial charge in [0.1, 0.15) is 11.3 Å². The van der Waals surface area contributed by atoms with Gasteiger partial charge in [0.15, 0.2) is 0 Å². The summed E-state index contributed by atoms with van der Waals surface area (Å²) in [7, 11) is 0. The third-order valence-corrected chi connectivity index (χ3v) is 6.36. The van der Waals surface area contributed by atoms with E-state index in [1.807, 2.05) is 24.3 Å². The van der Waals surface area contributed by atoms with Gasteiger partial charge in [-0.15, -0.1) is 11.3 Å². The third kappa shape index (κ3) is 2.83. The van der Waals surface area contributed by atoms with E-state index in [4.69, 9.17) is 0 Å². The van der Waals surface area contributed by atoms with Gasteiger partial charge in [0.05, 0.1) is 10.9 Å². The van der Waals surface area contributed by atoms with Crippen LogP contribution in [0.4, 0.5) is 13.2 Å². The predicted octanol–water partition coefficient (Wildman–Crippen LogP) is 5.81. The molecule has 0 bridgehead atoms. The number of aromatic hydroxyl groups is 1. The highest BCUT2D eigenvalue weighted by Gasteiger charge is 2.43. The predicted molar refractivity (Wildman–Crippen MR) is 114 cm³/mol. The maximum atomic E-state index is 13.3. The standard InChI is InChI=1S/C23H12F3NO3S/c24-23(25,26)21(29)18-19(28)17-15(27(22(18)30)12-6-2-1-3-7-12)11-10-14-13-8-4-5-9-16(13)31-20(14)17/h1-11,28H. The Morgan fingerprint density at radius 1 is 0.903 bits per heavy atom. The number of fused-ring (bicyclic) bond motifs is 5. The van der Waals surface area contributed by atoms with Gasteiger partial charge in [-0.05, 0) is 24.3 Å². The number of alkyl halides is 3. The van der Waals surface area contributed by atoms with Gasteiger partial charge in [-0.2, -0.15) is 13.2 Å². The molecular weight excluding hydrogens is 427 g/mol. The summed E-state index contributed by atoms with van der Waals surface area (Å²) in [5.74, 6) is -3.33. The summed E-state index contributed by atoms with van der Waals surface area (Å²) in [5, 5.41) is 12.4. The monoisotopic (exact) mass is 439 g/mol. The van der Waals surface area contributed by atoms with E-state index >= 15 is 0 Å². The Hall–Kier alpha value is -3.65. The van der Waals surface area contributed by atoms with Crippen LogP contribution in [0.1, 0.15) is 10.4 Å². The number of pyridine rings is 1. The first-order chi connectivity index (χ1) is 14.8. The van der Waals surface area contributed by atoms with Crippen molar-refractivity contribution < 1.29 is 23.1 Å². The number of carbonyl (C=O) groups is 1. The van der Waals surface area contributed by atoms with Crippen LogP contribution >= 0.6 is 11.3 Å². The van der Waals surface area contributed by atoms with E-state index in [0.717, 1.165) is 14.7 Å². The molecule has 0 aliphatic rings. The first-order valence-electron chi connectivity index (χ1n) is 9.18. The average Bonchev–Trinajstić information content (AvgIpc) is 3.12. The van der Waals surface area contributed by atoms with Crippen molar-refractivity contribution in [3.05, 3.63) is 82.6 Å². The fraction of sp³-hybridized carbons (Fsp3) is 0.0435. The number of halogens is 3. The van der Waals surface area contributed by atoms with Gasteiger partial charge in [-0.3, -0.25) is 14.2 Å². The molecule has 5 aromatic rings. The zero-order valence-electron chi connectivity index (χ0n) is 15.6. The smallest absolute Gasteiger partial charge is 0.455 e. The van der Waals surface area contributed by atoms with E-state index in [1.165, 1.54) is 11.3 Å². The molecule has 31 heavy (non-hydrogen) atoms. The van der Waals surface area contributed by atoms with Crippen LogP contribution in [0.3, 0.4) is 0 Å². The lowest BCUT2D eigenvalue weighted by atomic mass is 10.0. The van der Waals surface area contributed by atoms with Crippen LogP contribution < -0.4 is 5.56 Å². The maximum Gasteiger partial charge on any atom is 0.455 e. The quantitative estimate of drug-likeness (QED) is 0.353. The van der Waals surface area contributed by atoms with Gasteiger partial charge in [0, 0.05) is 25.9 Å². The van der Waals surface area contributed by atoms with Crippen molar-refractivity contribution >= 4 is 48.2 Å². The van der Waals surface area contributed by atoms with E-state index in [2.05, 4.69) is 0 Å². The second-order valence-corrected chi connectivity index (χ2v) is 8.01. The van der Waals surface area contributed by atoms with Gasteiger partial charge in [0.25, 0.3) is 11.3 Å². The molecule has 0 saturated carbocycles. The van der Waals surface area contributed by atoms with Crippen molar-refractivity contribution in [3.63, 3.8) is 0 Å². The van der Waals surface area contributed by atoms with E-state index in [1.54, 1.807) is 42.5 Å². The molecule has 0 spiro atoms. The minimum Gasteiger partial charge on any atom is -0.506 e. The van der Waals surface area contributed by atoms with E-state index in [0.29, 0.717) is 10.1 Å². The molecule has 0 amide bonds. The highest BCUT2D eigenvalue weighted by atomic mass is 32.1. The summed E-state index contributed by atoms with van der Waals surface area (Å²) in [4.78, 5) is 25.2. The molecule has 2 heterocycles. The number of ketones is 1. The number of para-hydroxylation sites is 1. The Kier molecular flexibility index (Phi) is 4.16. The molecule has 8 heteroatoms. The Balaban J connectivity index is 2.04. The average molecular weight is 439 g/mol. The minimum absolute atomic E-state index is 0.0368. The zero-order valence-corrected chi connectivity index (χ0v) is 16.4. The van der Waals surface area contributed by atoms with Crippen LogP contribution in [0.5, 0.6) is 5.75 Å². The lowest BCUT2D eigenvalue weighted by molar-refractivity contribution is -0.0887. The van der Waals surface area contributed by atoms with Crippen LogP contribution in [0, 0.1) is 0 Å². The SMILES string of the molecule is O=C(c1c(O)c2c3sc4ccccc4c3ccc2n(-c2ccccc2)c1=O)C(F)(F)F.